The van der Waals surface area contributed by atoms with Crippen LogP contribution in [0.3, 0.4) is 0 Å². The van der Waals surface area contributed by atoms with Crippen LogP contribution in [0.25, 0.3) is 0 Å². The van der Waals surface area contributed by atoms with E-state index < -0.39 is 6.09 Å². The molecule has 3 aromatic rings. The number of benzene rings is 3. The Hall–Kier alpha value is -3.31. The molecule has 5 nitrogen and oxygen atoms in total. The highest BCUT2D eigenvalue weighted by Crippen LogP contribution is 2.26. The molecule has 0 fully saturated rings. The number of amides is 1. The van der Waals surface area contributed by atoms with Crippen LogP contribution in [-0.4, -0.2) is 19.0 Å². The van der Waals surface area contributed by atoms with E-state index in [9.17, 15) is 9.59 Å². The molecule has 0 unspecified atom stereocenters. The minimum atomic E-state index is -0.729. The molecule has 1 N–H and O–H groups in total. The van der Waals surface area contributed by atoms with Crippen molar-refractivity contribution >= 4 is 29.2 Å². The number of methoxy groups -OCH3 is 1. The maximum absolute atomic E-state index is 12.8. The number of rotatable bonds is 5. The number of nitrogens with one attached hydrogen (secondary N) is 1. The van der Waals surface area contributed by atoms with E-state index in [1.54, 1.807) is 54.6 Å². The molecule has 3 rings (SSSR count). The molecular weight excluding hydrogens is 366 g/mol. The van der Waals surface area contributed by atoms with Gasteiger partial charge in [-0.15, -0.1) is 0 Å². The van der Waals surface area contributed by atoms with Crippen molar-refractivity contribution in [2.45, 2.75) is 0 Å². The molecule has 0 bridgehead atoms. The smallest absolute Gasteiger partial charge is 0.417 e. The van der Waals surface area contributed by atoms with Gasteiger partial charge in [-0.1, -0.05) is 48.0 Å². The predicted molar refractivity (Wildman–Crippen MR) is 104 cm³/mol. The second kappa shape index (κ2) is 8.38. The van der Waals surface area contributed by atoms with Crippen LogP contribution in [0.4, 0.5) is 10.5 Å². The molecule has 27 heavy (non-hydrogen) atoms. The molecule has 0 atom stereocenters. The van der Waals surface area contributed by atoms with Crippen LogP contribution in [0.1, 0.15) is 15.9 Å². The molecule has 1 amide bonds. The van der Waals surface area contributed by atoms with E-state index in [-0.39, 0.29) is 17.1 Å². The first kappa shape index (κ1) is 18.5. The Kier molecular flexibility index (Phi) is 5.74. The van der Waals surface area contributed by atoms with Gasteiger partial charge in [0, 0.05) is 22.3 Å². The molecule has 6 heteroatoms. The van der Waals surface area contributed by atoms with Gasteiger partial charge in [0.05, 0.1) is 12.7 Å². The lowest BCUT2D eigenvalue weighted by atomic mass is 10.0. The summed E-state index contributed by atoms with van der Waals surface area (Å²) in [5.41, 5.74) is 1.18. The minimum Gasteiger partial charge on any atom is -0.497 e. The number of ketones is 1. The van der Waals surface area contributed by atoms with Crippen LogP contribution in [0.15, 0.2) is 72.8 Å². The first-order valence-electron chi connectivity index (χ1n) is 8.09. The highest BCUT2D eigenvalue weighted by molar-refractivity contribution is 6.31. The quantitative estimate of drug-likeness (QED) is 0.617. The number of carbonyl (C=O) groups excluding carboxylic acids is 2. The van der Waals surface area contributed by atoms with Gasteiger partial charge in [-0.05, 0) is 30.3 Å². The largest absolute Gasteiger partial charge is 0.497 e. The molecule has 136 valence electrons. The maximum Gasteiger partial charge on any atom is 0.417 e. The summed E-state index contributed by atoms with van der Waals surface area (Å²) >= 11 is 6.03. The Morgan fingerprint density at radius 2 is 1.70 bits per heavy atom. The minimum absolute atomic E-state index is 0.119. The monoisotopic (exact) mass is 381 g/mol. The molecule has 0 aliphatic carbocycles. The van der Waals surface area contributed by atoms with E-state index in [0.29, 0.717) is 22.0 Å². The summed E-state index contributed by atoms with van der Waals surface area (Å²) in [6, 6.07) is 20.1. The van der Waals surface area contributed by atoms with Gasteiger partial charge < -0.3 is 9.47 Å². The molecule has 0 spiro atoms. The number of carbonyl (C=O) groups is 2. The Morgan fingerprint density at radius 1 is 0.926 bits per heavy atom. The number of hydrogen-bond donors (Lipinski definition) is 1. The highest BCUT2D eigenvalue weighted by Gasteiger charge is 2.18. The summed E-state index contributed by atoms with van der Waals surface area (Å²) in [6.45, 7) is 0. The Labute approximate surface area is 161 Å². The standard InChI is InChI=1S/C21H16ClNO4/c1-26-17-9-5-8-16(13-17)23-21(25)27-19-11-10-15(22)12-18(19)20(24)14-6-3-2-4-7-14/h2-13H,1H3,(H,23,25). The van der Waals surface area contributed by atoms with Crippen molar-refractivity contribution in [1.82, 2.24) is 0 Å². The summed E-state index contributed by atoms with van der Waals surface area (Å²) in [7, 11) is 1.53. The van der Waals surface area contributed by atoms with E-state index in [1.165, 1.54) is 19.2 Å². The highest BCUT2D eigenvalue weighted by atomic mass is 35.5. The molecular formula is C21H16ClNO4. The lowest BCUT2D eigenvalue weighted by Gasteiger charge is -2.11. The molecule has 0 aromatic heterocycles. The Balaban J connectivity index is 1.82. The zero-order chi connectivity index (χ0) is 19.2. The molecule has 0 radical (unpaired) electrons. The van der Waals surface area contributed by atoms with E-state index in [1.807, 2.05) is 6.07 Å². The number of hydrogen-bond acceptors (Lipinski definition) is 4. The first-order chi connectivity index (χ1) is 13.1. The second-order valence-corrected chi connectivity index (χ2v) is 6.02. The van der Waals surface area contributed by atoms with Crippen LogP contribution in [-0.2, 0) is 0 Å². The molecule has 3 aromatic carbocycles. The van der Waals surface area contributed by atoms with Crippen LogP contribution >= 0.6 is 11.6 Å². The lowest BCUT2D eigenvalue weighted by Crippen LogP contribution is -2.18. The maximum atomic E-state index is 12.8. The summed E-state index contributed by atoms with van der Waals surface area (Å²) < 4.78 is 10.5. The molecule has 0 saturated carbocycles. The number of anilines is 1. The van der Waals surface area contributed by atoms with Crippen molar-refractivity contribution in [1.29, 1.82) is 0 Å². The zero-order valence-corrected chi connectivity index (χ0v) is 15.2. The topological polar surface area (TPSA) is 64.6 Å². The SMILES string of the molecule is COc1cccc(NC(=O)Oc2ccc(Cl)cc2C(=O)c2ccccc2)c1. The Bertz CT molecular complexity index is 973. The van der Waals surface area contributed by atoms with E-state index in [0.717, 1.165) is 0 Å². The summed E-state index contributed by atoms with van der Waals surface area (Å²) in [5, 5.41) is 2.97. The second-order valence-electron chi connectivity index (χ2n) is 5.58. The van der Waals surface area contributed by atoms with Crippen LogP contribution in [0.2, 0.25) is 5.02 Å². The van der Waals surface area contributed by atoms with Gasteiger partial charge in [0.15, 0.2) is 5.78 Å². The third kappa shape index (κ3) is 4.65. The number of ether oxygens (including phenoxy) is 2. The van der Waals surface area contributed by atoms with Gasteiger partial charge in [0.2, 0.25) is 0 Å². The fraction of sp³-hybridized carbons (Fsp3) is 0.0476. The van der Waals surface area contributed by atoms with E-state index in [2.05, 4.69) is 5.32 Å². The number of halogens is 1. The van der Waals surface area contributed by atoms with Crippen LogP contribution in [0.5, 0.6) is 11.5 Å². The van der Waals surface area contributed by atoms with Gasteiger partial charge >= 0.3 is 6.09 Å². The van der Waals surface area contributed by atoms with E-state index in [4.69, 9.17) is 21.1 Å². The summed E-state index contributed by atoms with van der Waals surface area (Å²) in [4.78, 5) is 25.0. The fourth-order valence-electron chi connectivity index (χ4n) is 2.46. The van der Waals surface area contributed by atoms with Crippen molar-refractivity contribution < 1.29 is 19.1 Å². The average Bonchev–Trinajstić information content (AvgIpc) is 2.69. The third-order valence-corrected chi connectivity index (χ3v) is 3.98. The fourth-order valence-corrected chi connectivity index (χ4v) is 2.63. The average molecular weight is 382 g/mol. The van der Waals surface area contributed by atoms with Crippen LogP contribution < -0.4 is 14.8 Å². The molecule has 0 aliphatic heterocycles. The van der Waals surface area contributed by atoms with Crippen molar-refractivity contribution in [3.05, 3.63) is 88.9 Å². The van der Waals surface area contributed by atoms with Gasteiger partial charge in [0.25, 0.3) is 0 Å². The third-order valence-electron chi connectivity index (χ3n) is 3.74. The van der Waals surface area contributed by atoms with Crippen molar-refractivity contribution in [3.63, 3.8) is 0 Å². The normalized spacial score (nSPS) is 10.1. The van der Waals surface area contributed by atoms with E-state index >= 15 is 0 Å². The van der Waals surface area contributed by atoms with Crippen molar-refractivity contribution in [3.8, 4) is 11.5 Å². The van der Waals surface area contributed by atoms with Gasteiger partial charge in [-0.25, -0.2) is 4.79 Å². The van der Waals surface area contributed by atoms with Crippen molar-refractivity contribution in [2.24, 2.45) is 0 Å². The zero-order valence-electron chi connectivity index (χ0n) is 14.4. The first-order valence-corrected chi connectivity index (χ1v) is 8.47. The van der Waals surface area contributed by atoms with Crippen molar-refractivity contribution in [2.75, 3.05) is 12.4 Å². The summed E-state index contributed by atoms with van der Waals surface area (Å²) in [5.74, 6) is 0.426. The van der Waals surface area contributed by atoms with Crippen LogP contribution in [0, 0.1) is 0 Å². The van der Waals surface area contributed by atoms with Gasteiger partial charge in [0.1, 0.15) is 11.5 Å². The lowest BCUT2D eigenvalue weighted by molar-refractivity contribution is 0.103. The summed E-state index contributed by atoms with van der Waals surface area (Å²) in [6.07, 6.45) is -0.729. The molecule has 0 aliphatic rings. The molecule has 0 saturated heterocycles. The molecule has 0 heterocycles. The predicted octanol–water partition coefficient (Wildman–Crippen LogP) is 5.19. The Morgan fingerprint density at radius 3 is 2.44 bits per heavy atom. The van der Waals surface area contributed by atoms with Gasteiger partial charge in [-0.3, -0.25) is 10.1 Å². The van der Waals surface area contributed by atoms with Gasteiger partial charge in [-0.2, -0.15) is 0 Å².